The highest BCUT2D eigenvalue weighted by molar-refractivity contribution is 6.32. The van der Waals surface area contributed by atoms with Gasteiger partial charge < -0.3 is 20.5 Å². The van der Waals surface area contributed by atoms with Crippen molar-refractivity contribution in [1.82, 2.24) is 10.6 Å². The molecule has 0 saturated heterocycles. The summed E-state index contributed by atoms with van der Waals surface area (Å²) < 4.78 is 4.75. The van der Waals surface area contributed by atoms with Crippen LogP contribution in [0.3, 0.4) is 0 Å². The number of esters is 1. The Morgan fingerprint density at radius 3 is 2.06 bits per heavy atom. The molecule has 0 aliphatic rings. The molecule has 0 fully saturated rings. The number of ether oxygens (including phenoxy) is 1. The normalized spacial score (nSPS) is 10.4. The Morgan fingerprint density at radius 1 is 1.06 bits per heavy atom. The molecule has 0 aromatic carbocycles. The maximum Gasteiger partial charge on any atom is 0.397 e. The summed E-state index contributed by atoms with van der Waals surface area (Å²) in [7, 11) is 0. The van der Waals surface area contributed by atoms with E-state index in [4.69, 9.17) is 9.84 Å². The minimum Gasteiger partial charge on any atom is -0.480 e. The lowest BCUT2D eigenvalue weighted by molar-refractivity contribution is -0.163. The highest BCUT2D eigenvalue weighted by Crippen LogP contribution is 2.06. The second kappa shape index (κ2) is 6.58. The van der Waals surface area contributed by atoms with E-state index < -0.39 is 42.4 Å². The summed E-state index contributed by atoms with van der Waals surface area (Å²) in [6, 6.07) is 0. The minimum absolute atomic E-state index is 0.495. The zero-order valence-corrected chi connectivity index (χ0v) is 10.4. The van der Waals surface area contributed by atoms with E-state index in [2.05, 4.69) is 0 Å². The third-order valence-corrected chi connectivity index (χ3v) is 1.43. The Bertz CT molecular complexity index is 358. The molecule has 0 heterocycles. The molecule has 8 heteroatoms. The van der Waals surface area contributed by atoms with Gasteiger partial charge in [0, 0.05) is 0 Å². The van der Waals surface area contributed by atoms with Crippen LogP contribution in [0.25, 0.3) is 0 Å². The number of carbonyl (C=O) groups is 4. The summed E-state index contributed by atoms with van der Waals surface area (Å²) in [4.78, 5) is 43.5. The summed E-state index contributed by atoms with van der Waals surface area (Å²) in [5, 5.41) is 12.3. The molecule has 0 radical (unpaired) electrons. The van der Waals surface area contributed by atoms with Crippen molar-refractivity contribution in [2.45, 2.75) is 26.4 Å². The molecule has 8 nitrogen and oxygen atoms in total. The van der Waals surface area contributed by atoms with E-state index >= 15 is 0 Å². The van der Waals surface area contributed by atoms with Crippen molar-refractivity contribution in [3.63, 3.8) is 0 Å². The van der Waals surface area contributed by atoms with Gasteiger partial charge in [0.1, 0.15) is 12.1 Å². The third-order valence-electron chi connectivity index (χ3n) is 1.43. The van der Waals surface area contributed by atoms with E-state index in [1.54, 1.807) is 20.8 Å². The van der Waals surface area contributed by atoms with Crippen molar-refractivity contribution in [3.05, 3.63) is 0 Å². The number of rotatable bonds is 4. The number of hydrogen-bond acceptors (Lipinski definition) is 5. The molecule has 0 unspecified atom stereocenters. The van der Waals surface area contributed by atoms with E-state index in [0.717, 1.165) is 0 Å². The molecular weight excluding hydrogens is 244 g/mol. The Morgan fingerprint density at radius 2 is 1.61 bits per heavy atom. The van der Waals surface area contributed by atoms with Crippen LogP contribution in [0.15, 0.2) is 0 Å². The van der Waals surface area contributed by atoms with Gasteiger partial charge in [0.05, 0.1) is 6.54 Å². The van der Waals surface area contributed by atoms with Crippen molar-refractivity contribution in [3.8, 4) is 0 Å². The highest BCUT2D eigenvalue weighted by Gasteiger charge is 2.22. The van der Waals surface area contributed by atoms with Gasteiger partial charge in [0.25, 0.3) is 0 Å². The second-order valence-electron chi connectivity index (χ2n) is 4.36. The van der Waals surface area contributed by atoms with Gasteiger partial charge in [0.15, 0.2) is 0 Å². The highest BCUT2D eigenvalue weighted by atomic mass is 16.6. The number of aliphatic carboxylic acids is 1. The predicted molar refractivity (Wildman–Crippen MR) is 59.5 cm³/mol. The molecule has 0 rings (SSSR count). The first-order valence-electron chi connectivity index (χ1n) is 5.11. The molecule has 3 N–H and O–H groups in total. The third kappa shape index (κ3) is 8.08. The van der Waals surface area contributed by atoms with Crippen molar-refractivity contribution >= 4 is 23.8 Å². The number of carboxylic acids is 1. The number of carboxylic acid groups (broad SMARTS) is 1. The van der Waals surface area contributed by atoms with E-state index in [1.165, 1.54) is 0 Å². The first-order valence-corrected chi connectivity index (χ1v) is 5.11. The Kier molecular flexibility index (Phi) is 5.80. The van der Waals surface area contributed by atoms with Gasteiger partial charge in [-0.2, -0.15) is 0 Å². The molecule has 2 amide bonds. The molecule has 0 saturated carbocycles. The zero-order valence-electron chi connectivity index (χ0n) is 10.4. The van der Waals surface area contributed by atoms with Crippen LogP contribution in [0.2, 0.25) is 0 Å². The van der Waals surface area contributed by atoms with E-state index in [0.29, 0.717) is 0 Å². The summed E-state index contributed by atoms with van der Waals surface area (Å²) in [5.74, 6) is -4.08. The fourth-order valence-electron chi connectivity index (χ4n) is 0.794. The maximum absolute atomic E-state index is 11.2. The lowest BCUT2D eigenvalue weighted by Crippen LogP contribution is -2.43. The van der Waals surface area contributed by atoms with E-state index in [9.17, 15) is 19.2 Å². The lowest BCUT2D eigenvalue weighted by Gasteiger charge is -2.18. The van der Waals surface area contributed by atoms with Crippen LogP contribution < -0.4 is 10.6 Å². The van der Waals surface area contributed by atoms with Gasteiger partial charge in [-0.05, 0) is 20.8 Å². The van der Waals surface area contributed by atoms with Crippen LogP contribution >= 0.6 is 0 Å². The number of nitrogens with one attached hydrogen (secondary N) is 2. The molecule has 0 spiro atoms. The quantitative estimate of drug-likeness (QED) is 0.424. The standard InChI is InChI=1S/C10H16N2O6/c1-10(2,3)18-9(17)8(16)12-4-6(13)11-5-7(14)15/h4-5H2,1-3H3,(H,11,13)(H,12,16)(H,14,15). The van der Waals surface area contributed by atoms with Crippen LogP contribution in [0.1, 0.15) is 20.8 Å². The molecule has 0 aromatic rings. The topological polar surface area (TPSA) is 122 Å². The van der Waals surface area contributed by atoms with Crippen molar-refractivity contribution in [2.75, 3.05) is 13.1 Å². The van der Waals surface area contributed by atoms with Crippen LogP contribution in [-0.4, -0.2) is 47.6 Å². The monoisotopic (exact) mass is 260 g/mol. The molecule has 0 aliphatic heterocycles. The summed E-state index contributed by atoms with van der Waals surface area (Å²) in [6.45, 7) is 3.74. The number of amides is 2. The predicted octanol–water partition coefficient (Wildman–Crippen LogP) is -1.35. The van der Waals surface area contributed by atoms with Crippen LogP contribution in [0, 0.1) is 0 Å². The smallest absolute Gasteiger partial charge is 0.397 e. The first kappa shape index (κ1) is 15.9. The van der Waals surface area contributed by atoms with Gasteiger partial charge >= 0.3 is 17.8 Å². The van der Waals surface area contributed by atoms with E-state index in [-0.39, 0.29) is 0 Å². The average molecular weight is 260 g/mol. The van der Waals surface area contributed by atoms with Gasteiger partial charge in [0.2, 0.25) is 5.91 Å². The average Bonchev–Trinajstić information content (AvgIpc) is 2.20. The number of carbonyl (C=O) groups excluding carboxylic acids is 3. The molecular formula is C10H16N2O6. The summed E-state index contributed by atoms with van der Waals surface area (Å²) in [5.41, 5.74) is -0.806. The molecule has 18 heavy (non-hydrogen) atoms. The zero-order chi connectivity index (χ0) is 14.3. The lowest BCUT2D eigenvalue weighted by atomic mass is 10.2. The Balaban J connectivity index is 4.00. The SMILES string of the molecule is CC(C)(C)OC(=O)C(=O)NCC(=O)NCC(=O)O. The summed E-state index contributed by atoms with van der Waals surface area (Å²) in [6.07, 6.45) is 0. The largest absolute Gasteiger partial charge is 0.480 e. The molecule has 102 valence electrons. The number of hydrogen-bond donors (Lipinski definition) is 3. The molecule has 0 aromatic heterocycles. The molecule has 0 atom stereocenters. The van der Waals surface area contributed by atoms with Gasteiger partial charge in [-0.3, -0.25) is 14.4 Å². The van der Waals surface area contributed by atoms with E-state index in [1.807, 2.05) is 10.6 Å². The molecule has 0 aliphatic carbocycles. The van der Waals surface area contributed by atoms with Gasteiger partial charge in [-0.25, -0.2) is 4.79 Å². The van der Waals surface area contributed by atoms with Crippen molar-refractivity contribution in [2.24, 2.45) is 0 Å². The van der Waals surface area contributed by atoms with Crippen LogP contribution in [0.4, 0.5) is 0 Å². The molecule has 0 bridgehead atoms. The Hall–Kier alpha value is -2.12. The van der Waals surface area contributed by atoms with Crippen molar-refractivity contribution < 1.29 is 29.0 Å². The van der Waals surface area contributed by atoms with Crippen LogP contribution in [-0.2, 0) is 23.9 Å². The minimum atomic E-state index is -1.21. The van der Waals surface area contributed by atoms with Crippen molar-refractivity contribution in [1.29, 1.82) is 0 Å². The first-order chi connectivity index (χ1) is 8.11. The van der Waals surface area contributed by atoms with Gasteiger partial charge in [-0.15, -0.1) is 0 Å². The fraction of sp³-hybridized carbons (Fsp3) is 0.600. The fourth-order valence-corrected chi connectivity index (χ4v) is 0.794. The maximum atomic E-state index is 11.2. The van der Waals surface area contributed by atoms with Crippen LogP contribution in [0.5, 0.6) is 0 Å². The summed E-state index contributed by atoms with van der Waals surface area (Å²) >= 11 is 0. The second-order valence-corrected chi connectivity index (χ2v) is 4.36. The van der Waals surface area contributed by atoms with Gasteiger partial charge in [-0.1, -0.05) is 0 Å². The Labute approximate surface area is 104 Å².